The Kier molecular flexibility index (Phi) is 10.5. The van der Waals surface area contributed by atoms with Gasteiger partial charge in [-0.05, 0) is 37.6 Å². The number of nitrogens with zero attached hydrogens (tertiary/aromatic N) is 2. The number of piperazine rings is 1. The Bertz CT molecular complexity index is 1010. The van der Waals surface area contributed by atoms with Crippen LogP contribution in [-0.4, -0.2) is 88.1 Å². The molecule has 5 N–H and O–H groups in total. The van der Waals surface area contributed by atoms with Gasteiger partial charge in [-0.3, -0.25) is 19.8 Å². The summed E-state index contributed by atoms with van der Waals surface area (Å²) in [6.07, 6.45) is 1.11. The minimum atomic E-state index is -3.72. The zero-order valence-corrected chi connectivity index (χ0v) is 20.9. The molecule has 1 aromatic carbocycles. The second-order valence-corrected chi connectivity index (χ2v) is 9.97. The van der Waals surface area contributed by atoms with Crippen LogP contribution in [0.1, 0.15) is 32.3 Å². The molecular weight excluding hydrogens is 476 g/mol. The first-order valence-electron chi connectivity index (χ1n) is 11.5. The van der Waals surface area contributed by atoms with E-state index < -0.39 is 27.9 Å². The summed E-state index contributed by atoms with van der Waals surface area (Å²) in [4.78, 5) is 40.5. The Morgan fingerprint density at radius 1 is 1.20 bits per heavy atom. The molecule has 35 heavy (non-hydrogen) atoms. The molecule has 0 bridgehead atoms. The molecule has 1 fully saturated rings. The minimum absolute atomic E-state index is 0.0394. The third kappa shape index (κ3) is 8.83. The summed E-state index contributed by atoms with van der Waals surface area (Å²) in [5.41, 5.74) is 6.86. The number of benzene rings is 1. The van der Waals surface area contributed by atoms with Crippen molar-refractivity contribution in [3.8, 4) is 0 Å². The maximum absolute atomic E-state index is 12.6. The largest absolute Gasteiger partial charge is 0.465 e. The number of amidine groups is 1. The topological polar surface area (TPSA) is 175 Å². The van der Waals surface area contributed by atoms with E-state index in [9.17, 15) is 22.8 Å². The number of hydrogen-bond donors (Lipinski definition) is 4. The van der Waals surface area contributed by atoms with E-state index in [1.807, 2.05) is 11.8 Å². The van der Waals surface area contributed by atoms with E-state index in [1.165, 1.54) is 4.90 Å². The summed E-state index contributed by atoms with van der Waals surface area (Å²) < 4.78 is 31.6. The predicted molar refractivity (Wildman–Crippen MR) is 132 cm³/mol. The van der Waals surface area contributed by atoms with Gasteiger partial charge in [0.1, 0.15) is 11.9 Å². The normalized spacial score (nSPS) is 15.0. The highest BCUT2D eigenvalue weighted by Crippen LogP contribution is 2.17. The first-order chi connectivity index (χ1) is 16.6. The fraction of sp³-hybridized carbons (Fsp3) is 0.545. The third-order valence-corrected chi connectivity index (χ3v) is 6.83. The van der Waals surface area contributed by atoms with Gasteiger partial charge >= 0.3 is 5.97 Å². The lowest BCUT2D eigenvalue weighted by Gasteiger charge is -2.35. The molecule has 13 heteroatoms. The number of unbranched alkanes of at least 4 members (excludes halogenated alkanes) is 1. The molecule has 0 spiro atoms. The van der Waals surface area contributed by atoms with Crippen molar-refractivity contribution >= 4 is 39.3 Å². The van der Waals surface area contributed by atoms with E-state index in [0.717, 1.165) is 5.69 Å². The summed E-state index contributed by atoms with van der Waals surface area (Å²) >= 11 is 0. The molecule has 1 saturated heterocycles. The van der Waals surface area contributed by atoms with Crippen LogP contribution in [0.2, 0.25) is 0 Å². The quantitative estimate of drug-likeness (QED) is 0.154. The summed E-state index contributed by atoms with van der Waals surface area (Å²) in [7, 11) is -3.72. The number of hydrogen-bond acceptors (Lipinski definition) is 8. The molecular formula is C22H34N6O6S. The average Bonchev–Trinajstić information content (AvgIpc) is 2.82. The maximum atomic E-state index is 12.6. The van der Waals surface area contributed by atoms with Crippen molar-refractivity contribution in [2.24, 2.45) is 5.73 Å². The summed E-state index contributed by atoms with van der Waals surface area (Å²) in [6, 6.07) is 5.72. The number of rotatable bonds is 13. The number of ether oxygens (including phenoxy) is 1. The Hall–Kier alpha value is -3.19. The minimum Gasteiger partial charge on any atom is -0.465 e. The zero-order chi connectivity index (χ0) is 26.0. The van der Waals surface area contributed by atoms with Crippen LogP contribution in [0, 0.1) is 5.41 Å². The van der Waals surface area contributed by atoms with Gasteiger partial charge in [0.05, 0.1) is 25.4 Å². The molecule has 1 atom stereocenters. The maximum Gasteiger partial charge on any atom is 0.325 e. The molecule has 194 valence electrons. The standard InChI is InChI=1S/C22H34N6O6S/c1-3-5-12-35(32,33)26-18(22(31)34-4-2)13-25-19(29)14-28-11-10-27(15-20(28)30)17-8-6-16(7-9-17)21(23)24/h6-9,18,26H,3-5,10-15H2,1-2H3,(H3,23,24)(H,25,29)/t18-/m0/s1. The molecule has 1 aliphatic rings. The van der Waals surface area contributed by atoms with Gasteiger partial charge in [-0.1, -0.05) is 13.3 Å². The third-order valence-electron chi connectivity index (χ3n) is 5.36. The van der Waals surface area contributed by atoms with Gasteiger partial charge in [0, 0.05) is 30.9 Å². The second-order valence-electron chi connectivity index (χ2n) is 8.10. The van der Waals surface area contributed by atoms with E-state index >= 15 is 0 Å². The van der Waals surface area contributed by atoms with Crippen molar-refractivity contribution in [1.29, 1.82) is 5.41 Å². The fourth-order valence-corrected chi connectivity index (χ4v) is 4.82. The zero-order valence-electron chi connectivity index (χ0n) is 20.1. The second kappa shape index (κ2) is 13.0. The van der Waals surface area contributed by atoms with Gasteiger partial charge in [-0.25, -0.2) is 8.42 Å². The van der Waals surface area contributed by atoms with Crippen molar-refractivity contribution in [3.05, 3.63) is 29.8 Å². The molecule has 0 aromatic heterocycles. The fourth-order valence-electron chi connectivity index (χ4n) is 3.42. The molecule has 2 amide bonds. The molecule has 1 aromatic rings. The van der Waals surface area contributed by atoms with Crippen LogP contribution in [0.4, 0.5) is 5.69 Å². The van der Waals surface area contributed by atoms with Crippen molar-refractivity contribution < 1.29 is 27.5 Å². The Balaban J connectivity index is 1.90. The smallest absolute Gasteiger partial charge is 0.325 e. The van der Waals surface area contributed by atoms with Crippen LogP contribution in [-0.2, 0) is 29.1 Å². The Morgan fingerprint density at radius 2 is 1.89 bits per heavy atom. The summed E-state index contributed by atoms with van der Waals surface area (Å²) in [6.45, 7) is 3.90. The Morgan fingerprint density at radius 3 is 2.46 bits per heavy atom. The van der Waals surface area contributed by atoms with Crippen LogP contribution < -0.4 is 20.7 Å². The first kappa shape index (κ1) is 28.1. The molecule has 0 radical (unpaired) electrons. The molecule has 0 saturated carbocycles. The van der Waals surface area contributed by atoms with Gasteiger partial charge in [0.25, 0.3) is 0 Å². The van der Waals surface area contributed by atoms with Gasteiger partial charge in [0.2, 0.25) is 21.8 Å². The molecule has 1 heterocycles. The number of esters is 1. The van der Waals surface area contributed by atoms with Crippen molar-refractivity contribution in [3.63, 3.8) is 0 Å². The number of anilines is 1. The van der Waals surface area contributed by atoms with Crippen LogP contribution in [0.3, 0.4) is 0 Å². The van der Waals surface area contributed by atoms with Gasteiger partial charge in [-0.15, -0.1) is 0 Å². The van der Waals surface area contributed by atoms with E-state index in [-0.39, 0.29) is 43.7 Å². The first-order valence-corrected chi connectivity index (χ1v) is 13.1. The van der Waals surface area contributed by atoms with Gasteiger partial charge in [0.15, 0.2) is 0 Å². The van der Waals surface area contributed by atoms with Crippen LogP contribution in [0.5, 0.6) is 0 Å². The van der Waals surface area contributed by atoms with E-state index in [0.29, 0.717) is 31.5 Å². The van der Waals surface area contributed by atoms with E-state index in [1.54, 1.807) is 31.2 Å². The van der Waals surface area contributed by atoms with Gasteiger partial charge < -0.3 is 25.6 Å². The van der Waals surface area contributed by atoms with Gasteiger partial charge in [-0.2, -0.15) is 4.72 Å². The number of sulfonamides is 1. The molecule has 12 nitrogen and oxygen atoms in total. The summed E-state index contributed by atoms with van der Waals surface area (Å²) in [5.74, 6) is -1.72. The average molecular weight is 511 g/mol. The number of carbonyl (C=O) groups is 3. The number of nitrogens with two attached hydrogens (primary N) is 1. The van der Waals surface area contributed by atoms with Crippen LogP contribution in [0.25, 0.3) is 0 Å². The molecule has 2 rings (SSSR count). The summed E-state index contributed by atoms with van der Waals surface area (Å²) in [5, 5.41) is 9.98. The van der Waals surface area contributed by atoms with Crippen molar-refractivity contribution in [1.82, 2.24) is 14.9 Å². The number of amides is 2. The highest BCUT2D eigenvalue weighted by atomic mass is 32.2. The van der Waals surface area contributed by atoms with Crippen LogP contribution >= 0.6 is 0 Å². The molecule has 0 aliphatic carbocycles. The highest BCUT2D eigenvalue weighted by molar-refractivity contribution is 7.89. The number of carbonyl (C=O) groups excluding carboxylic acids is 3. The van der Waals surface area contributed by atoms with E-state index in [4.69, 9.17) is 15.9 Å². The Labute approximate surface area is 205 Å². The monoisotopic (exact) mass is 510 g/mol. The lowest BCUT2D eigenvalue weighted by atomic mass is 10.1. The van der Waals surface area contributed by atoms with E-state index in [2.05, 4.69) is 10.0 Å². The lowest BCUT2D eigenvalue weighted by molar-refractivity contribution is -0.145. The molecule has 0 unspecified atom stereocenters. The SMILES string of the molecule is CCCCS(=O)(=O)N[C@@H](CNC(=O)CN1CCN(c2ccc(C(=N)N)cc2)CC1=O)C(=O)OCC. The van der Waals surface area contributed by atoms with Crippen LogP contribution in [0.15, 0.2) is 24.3 Å². The predicted octanol–water partition coefficient (Wildman–Crippen LogP) is -0.613. The number of nitrogen functional groups attached to an aromatic ring is 1. The van der Waals surface area contributed by atoms with Crippen molar-refractivity contribution in [2.75, 3.05) is 50.0 Å². The molecule has 1 aliphatic heterocycles. The lowest BCUT2D eigenvalue weighted by Crippen LogP contribution is -2.54. The number of nitrogens with one attached hydrogen (secondary N) is 3. The highest BCUT2D eigenvalue weighted by Gasteiger charge is 2.28. The van der Waals surface area contributed by atoms with Crippen molar-refractivity contribution in [2.45, 2.75) is 32.7 Å².